The highest BCUT2D eigenvalue weighted by molar-refractivity contribution is 6.99. The Hall–Kier alpha value is -2.54. The fraction of sp³-hybridized carbons (Fsp3) is 0.333. The average Bonchev–Trinajstić information content (AvgIpc) is 3.38. The Balaban J connectivity index is 1.41. The van der Waals surface area contributed by atoms with E-state index in [0.29, 0.717) is 19.6 Å². The smallest absolute Gasteiger partial charge is 0.261 e. The van der Waals surface area contributed by atoms with Gasteiger partial charge >= 0.3 is 0 Å². The van der Waals surface area contributed by atoms with E-state index < -0.39 is 20.7 Å². The molecule has 3 aromatic rings. The predicted molar refractivity (Wildman–Crippen MR) is 143 cm³/mol. The van der Waals surface area contributed by atoms with Gasteiger partial charge in [-0.05, 0) is 21.8 Å². The summed E-state index contributed by atoms with van der Waals surface area (Å²) in [5.41, 5.74) is 0.969. The van der Waals surface area contributed by atoms with E-state index in [4.69, 9.17) is 13.9 Å². The monoisotopic (exact) mass is 488 g/mol. The van der Waals surface area contributed by atoms with Gasteiger partial charge in [0.1, 0.15) is 6.10 Å². The SMILES string of the molecule is CC(C)(C)[Si](OC/C=C/C[C@@H](O)[C@@H]1COC(c2ccccc2)O1)(c1ccccc1)c1ccccc1. The predicted octanol–water partition coefficient (Wildman–Crippen LogP) is 4.98. The molecule has 1 N–H and O–H groups in total. The van der Waals surface area contributed by atoms with Crippen molar-refractivity contribution in [3.05, 3.63) is 109 Å². The number of hydrogen-bond acceptors (Lipinski definition) is 4. The third-order valence-corrected chi connectivity index (χ3v) is 11.6. The zero-order valence-electron chi connectivity index (χ0n) is 20.8. The Morgan fingerprint density at radius 2 is 1.43 bits per heavy atom. The van der Waals surface area contributed by atoms with Gasteiger partial charge in [-0.2, -0.15) is 0 Å². The lowest BCUT2D eigenvalue weighted by atomic mass is 10.1. The number of rotatable bonds is 9. The first-order chi connectivity index (χ1) is 16.9. The van der Waals surface area contributed by atoms with Gasteiger partial charge in [-0.3, -0.25) is 0 Å². The minimum Gasteiger partial charge on any atom is -0.404 e. The summed E-state index contributed by atoms with van der Waals surface area (Å²) in [6.07, 6.45) is 3.10. The first kappa shape index (κ1) is 25.5. The molecule has 1 unspecified atom stereocenters. The zero-order chi connectivity index (χ0) is 24.7. The number of aliphatic hydroxyl groups excluding tert-OH is 1. The molecule has 3 aromatic carbocycles. The second-order valence-corrected chi connectivity index (χ2v) is 14.3. The molecule has 0 bridgehead atoms. The zero-order valence-corrected chi connectivity index (χ0v) is 21.8. The second kappa shape index (κ2) is 11.5. The van der Waals surface area contributed by atoms with Crippen molar-refractivity contribution >= 4 is 18.7 Å². The molecule has 1 aliphatic rings. The minimum absolute atomic E-state index is 0.0649. The molecule has 0 amide bonds. The van der Waals surface area contributed by atoms with E-state index in [-0.39, 0.29) is 11.1 Å². The fourth-order valence-corrected chi connectivity index (χ4v) is 9.30. The summed E-state index contributed by atoms with van der Waals surface area (Å²) in [4.78, 5) is 0. The molecule has 5 heteroatoms. The third-order valence-electron chi connectivity index (χ3n) is 6.57. The van der Waals surface area contributed by atoms with E-state index in [1.165, 1.54) is 10.4 Å². The van der Waals surface area contributed by atoms with Gasteiger partial charge in [-0.25, -0.2) is 0 Å². The normalized spacial score (nSPS) is 19.8. The molecule has 3 atom stereocenters. The molecule has 0 aliphatic carbocycles. The van der Waals surface area contributed by atoms with Crippen molar-refractivity contribution in [2.45, 2.75) is 50.7 Å². The van der Waals surface area contributed by atoms with Crippen molar-refractivity contribution in [3.8, 4) is 0 Å². The van der Waals surface area contributed by atoms with E-state index >= 15 is 0 Å². The van der Waals surface area contributed by atoms with Crippen LogP contribution in [0.15, 0.2) is 103 Å². The van der Waals surface area contributed by atoms with Crippen molar-refractivity contribution in [2.24, 2.45) is 0 Å². The summed E-state index contributed by atoms with van der Waals surface area (Å²) < 4.78 is 18.6. The van der Waals surface area contributed by atoms with Gasteiger partial charge in [-0.1, -0.05) is 124 Å². The molecule has 1 fully saturated rings. The lowest BCUT2D eigenvalue weighted by molar-refractivity contribution is -0.0824. The molecule has 0 aromatic heterocycles. The van der Waals surface area contributed by atoms with Crippen LogP contribution >= 0.6 is 0 Å². The van der Waals surface area contributed by atoms with Crippen LogP contribution in [0, 0.1) is 0 Å². The summed E-state index contributed by atoms with van der Waals surface area (Å²) >= 11 is 0. The summed E-state index contributed by atoms with van der Waals surface area (Å²) in [6.45, 7) is 7.68. The molecule has 184 valence electrons. The number of hydrogen-bond donors (Lipinski definition) is 1. The molecule has 1 heterocycles. The molecule has 35 heavy (non-hydrogen) atoms. The van der Waals surface area contributed by atoms with Crippen molar-refractivity contribution in [2.75, 3.05) is 13.2 Å². The Labute approximate surface area is 210 Å². The third kappa shape index (κ3) is 5.82. The summed E-state index contributed by atoms with van der Waals surface area (Å²) in [7, 11) is -2.56. The fourth-order valence-electron chi connectivity index (χ4n) is 4.80. The van der Waals surface area contributed by atoms with E-state index in [2.05, 4.69) is 81.4 Å². The van der Waals surface area contributed by atoms with Gasteiger partial charge in [0.2, 0.25) is 0 Å². The lowest BCUT2D eigenvalue weighted by Gasteiger charge is -2.42. The Kier molecular flexibility index (Phi) is 8.37. The van der Waals surface area contributed by atoms with Gasteiger partial charge < -0.3 is 19.0 Å². The summed E-state index contributed by atoms with van der Waals surface area (Å²) in [6, 6.07) is 31.1. The van der Waals surface area contributed by atoms with Gasteiger partial charge in [0, 0.05) is 5.56 Å². The van der Waals surface area contributed by atoms with Crippen LogP contribution in [0.2, 0.25) is 5.04 Å². The molecule has 0 saturated carbocycles. The molecule has 1 aliphatic heterocycles. The Morgan fingerprint density at radius 3 is 1.97 bits per heavy atom. The first-order valence-corrected chi connectivity index (χ1v) is 14.2. The van der Waals surface area contributed by atoms with Crippen molar-refractivity contribution in [1.82, 2.24) is 0 Å². The molecule has 0 spiro atoms. The highest BCUT2D eigenvalue weighted by atomic mass is 28.4. The summed E-state index contributed by atoms with van der Waals surface area (Å²) in [5, 5.41) is 13.1. The van der Waals surface area contributed by atoms with Crippen LogP contribution in [0.3, 0.4) is 0 Å². The standard InChI is InChI=1S/C30H36O4Si/c1-30(2,3)35(25-17-9-5-10-18-25,26-19-11-6-12-20-26)33-22-14-13-21-27(31)28-23-32-29(34-28)24-15-7-4-8-16-24/h4-20,27-29,31H,21-23H2,1-3H3/b14-13+/t27-,28+,29?/m1/s1. The maximum absolute atomic E-state index is 10.7. The van der Waals surface area contributed by atoms with Gasteiger partial charge in [-0.15, -0.1) is 0 Å². The molecule has 4 nitrogen and oxygen atoms in total. The summed E-state index contributed by atoms with van der Waals surface area (Å²) in [5.74, 6) is 0. The number of benzene rings is 3. The van der Waals surface area contributed by atoms with Crippen LogP contribution in [0.25, 0.3) is 0 Å². The topological polar surface area (TPSA) is 47.9 Å². The molecule has 1 saturated heterocycles. The van der Waals surface area contributed by atoms with E-state index in [0.717, 1.165) is 5.56 Å². The Bertz CT molecular complexity index is 1020. The first-order valence-electron chi connectivity index (χ1n) is 12.3. The van der Waals surface area contributed by atoms with Crippen LogP contribution in [-0.4, -0.2) is 38.8 Å². The molecule has 4 rings (SSSR count). The van der Waals surface area contributed by atoms with Crippen LogP contribution in [0.1, 0.15) is 39.0 Å². The second-order valence-electron chi connectivity index (χ2n) is 10.00. The van der Waals surface area contributed by atoms with Gasteiger partial charge in [0.25, 0.3) is 8.32 Å². The quantitative estimate of drug-likeness (QED) is 0.341. The molecular formula is C30H36O4Si. The molecular weight excluding hydrogens is 452 g/mol. The maximum Gasteiger partial charge on any atom is 0.261 e. The largest absolute Gasteiger partial charge is 0.404 e. The number of ether oxygens (including phenoxy) is 2. The van der Waals surface area contributed by atoms with Crippen LogP contribution < -0.4 is 10.4 Å². The van der Waals surface area contributed by atoms with E-state index in [1.54, 1.807) is 0 Å². The van der Waals surface area contributed by atoms with Crippen LogP contribution in [0.4, 0.5) is 0 Å². The highest BCUT2D eigenvalue weighted by Crippen LogP contribution is 2.36. The van der Waals surface area contributed by atoms with Gasteiger partial charge in [0.15, 0.2) is 6.29 Å². The van der Waals surface area contributed by atoms with E-state index in [9.17, 15) is 5.11 Å². The number of aliphatic hydroxyl groups is 1. The van der Waals surface area contributed by atoms with E-state index in [1.807, 2.05) is 42.5 Å². The van der Waals surface area contributed by atoms with Crippen molar-refractivity contribution in [3.63, 3.8) is 0 Å². The lowest BCUT2D eigenvalue weighted by Crippen LogP contribution is -2.66. The maximum atomic E-state index is 10.7. The van der Waals surface area contributed by atoms with Crippen molar-refractivity contribution < 1.29 is 19.0 Å². The van der Waals surface area contributed by atoms with Crippen molar-refractivity contribution in [1.29, 1.82) is 0 Å². The Morgan fingerprint density at radius 1 is 0.886 bits per heavy atom. The van der Waals surface area contributed by atoms with Crippen LogP contribution in [-0.2, 0) is 13.9 Å². The molecule has 0 radical (unpaired) electrons. The average molecular weight is 489 g/mol. The highest BCUT2D eigenvalue weighted by Gasteiger charge is 2.49. The van der Waals surface area contributed by atoms with Crippen LogP contribution in [0.5, 0.6) is 0 Å². The van der Waals surface area contributed by atoms with Gasteiger partial charge in [0.05, 0.1) is 19.3 Å². The minimum atomic E-state index is -2.56.